The SMILES string of the molecule is CCc1[nH]nc(C(=O)NCC(=O)NCC(C)C)c1N. The highest BCUT2D eigenvalue weighted by Gasteiger charge is 2.16. The van der Waals surface area contributed by atoms with Gasteiger partial charge in [0.2, 0.25) is 5.91 Å². The number of nitrogens with zero attached hydrogens (tertiary/aromatic N) is 1. The van der Waals surface area contributed by atoms with Crippen LogP contribution in [0, 0.1) is 5.92 Å². The Morgan fingerprint density at radius 1 is 1.37 bits per heavy atom. The summed E-state index contributed by atoms with van der Waals surface area (Å²) < 4.78 is 0. The Morgan fingerprint density at radius 2 is 2.05 bits per heavy atom. The second-order valence-corrected chi connectivity index (χ2v) is 4.70. The number of hydrogen-bond donors (Lipinski definition) is 4. The molecule has 0 saturated heterocycles. The third-order valence-corrected chi connectivity index (χ3v) is 2.57. The van der Waals surface area contributed by atoms with E-state index in [-0.39, 0.29) is 18.1 Å². The molecule has 0 bridgehead atoms. The van der Waals surface area contributed by atoms with Gasteiger partial charge >= 0.3 is 0 Å². The largest absolute Gasteiger partial charge is 0.395 e. The summed E-state index contributed by atoms with van der Waals surface area (Å²) in [6.07, 6.45) is 0.668. The molecule has 0 fully saturated rings. The highest BCUT2D eigenvalue weighted by atomic mass is 16.2. The van der Waals surface area contributed by atoms with Crippen molar-refractivity contribution in [3.8, 4) is 0 Å². The average Bonchev–Trinajstić information content (AvgIpc) is 2.74. The van der Waals surface area contributed by atoms with Gasteiger partial charge in [-0.15, -0.1) is 0 Å². The van der Waals surface area contributed by atoms with Gasteiger partial charge in [0.25, 0.3) is 5.91 Å². The molecule has 1 rings (SSSR count). The number of amides is 2. The van der Waals surface area contributed by atoms with Crippen LogP contribution in [0.4, 0.5) is 5.69 Å². The van der Waals surface area contributed by atoms with E-state index in [1.165, 1.54) is 0 Å². The predicted octanol–water partition coefficient (Wildman–Crippen LogP) is 0.0563. The fourth-order valence-corrected chi connectivity index (χ4v) is 1.45. The quantitative estimate of drug-likeness (QED) is 0.583. The number of H-pyrrole nitrogens is 1. The molecular weight excluding hydrogens is 246 g/mol. The summed E-state index contributed by atoms with van der Waals surface area (Å²) in [5.41, 5.74) is 6.95. The Labute approximate surface area is 112 Å². The van der Waals surface area contributed by atoms with Gasteiger partial charge in [-0.25, -0.2) is 0 Å². The Balaban J connectivity index is 2.47. The first-order valence-corrected chi connectivity index (χ1v) is 6.33. The van der Waals surface area contributed by atoms with E-state index in [0.717, 1.165) is 5.69 Å². The molecule has 0 aromatic carbocycles. The van der Waals surface area contributed by atoms with E-state index in [4.69, 9.17) is 5.73 Å². The van der Waals surface area contributed by atoms with Crippen molar-refractivity contribution in [3.63, 3.8) is 0 Å². The monoisotopic (exact) mass is 267 g/mol. The van der Waals surface area contributed by atoms with Gasteiger partial charge in [-0.2, -0.15) is 5.10 Å². The maximum absolute atomic E-state index is 11.8. The van der Waals surface area contributed by atoms with Crippen molar-refractivity contribution in [2.24, 2.45) is 5.92 Å². The summed E-state index contributed by atoms with van der Waals surface area (Å²) in [6.45, 7) is 6.40. The third kappa shape index (κ3) is 4.27. The molecule has 0 aliphatic rings. The molecule has 0 aliphatic carbocycles. The lowest BCUT2D eigenvalue weighted by Gasteiger charge is -2.08. The first kappa shape index (κ1) is 15.0. The zero-order valence-corrected chi connectivity index (χ0v) is 11.5. The normalized spacial score (nSPS) is 10.5. The lowest BCUT2D eigenvalue weighted by atomic mass is 10.2. The fourth-order valence-electron chi connectivity index (χ4n) is 1.45. The van der Waals surface area contributed by atoms with Gasteiger partial charge < -0.3 is 16.4 Å². The number of rotatable bonds is 6. The molecule has 2 amide bonds. The predicted molar refractivity (Wildman–Crippen MR) is 72.6 cm³/mol. The number of carbonyl (C=O) groups excluding carboxylic acids is 2. The van der Waals surface area contributed by atoms with Gasteiger partial charge in [0, 0.05) is 6.54 Å². The highest BCUT2D eigenvalue weighted by molar-refractivity contribution is 5.99. The number of carbonyl (C=O) groups is 2. The van der Waals surface area contributed by atoms with Crippen LogP contribution in [-0.4, -0.2) is 35.1 Å². The summed E-state index contributed by atoms with van der Waals surface area (Å²) in [6, 6.07) is 0. The van der Waals surface area contributed by atoms with E-state index < -0.39 is 5.91 Å². The Morgan fingerprint density at radius 3 is 2.58 bits per heavy atom. The van der Waals surface area contributed by atoms with Gasteiger partial charge in [-0.1, -0.05) is 20.8 Å². The number of aromatic amines is 1. The molecule has 1 heterocycles. The van der Waals surface area contributed by atoms with Crippen LogP contribution in [0.3, 0.4) is 0 Å². The number of anilines is 1. The summed E-state index contributed by atoms with van der Waals surface area (Å²) in [4.78, 5) is 23.2. The second-order valence-electron chi connectivity index (χ2n) is 4.70. The van der Waals surface area contributed by atoms with Crippen molar-refractivity contribution in [1.29, 1.82) is 0 Å². The van der Waals surface area contributed by atoms with E-state index in [9.17, 15) is 9.59 Å². The molecule has 0 aliphatic heterocycles. The first-order chi connectivity index (χ1) is 8.95. The molecule has 19 heavy (non-hydrogen) atoms. The number of nitrogens with one attached hydrogen (secondary N) is 3. The van der Waals surface area contributed by atoms with E-state index in [1.54, 1.807) is 0 Å². The van der Waals surface area contributed by atoms with Crippen LogP contribution in [0.15, 0.2) is 0 Å². The molecular formula is C12H21N5O2. The number of nitrogens with two attached hydrogens (primary N) is 1. The van der Waals surface area contributed by atoms with Gasteiger partial charge in [-0.05, 0) is 12.3 Å². The van der Waals surface area contributed by atoms with Gasteiger partial charge in [0.1, 0.15) is 0 Å². The molecule has 0 atom stereocenters. The highest BCUT2D eigenvalue weighted by Crippen LogP contribution is 2.13. The molecule has 1 aromatic rings. The van der Waals surface area contributed by atoms with E-state index in [2.05, 4.69) is 20.8 Å². The summed E-state index contributed by atoms with van der Waals surface area (Å²) >= 11 is 0. The smallest absolute Gasteiger partial charge is 0.274 e. The van der Waals surface area contributed by atoms with Gasteiger partial charge in [-0.3, -0.25) is 14.7 Å². The number of aryl methyl sites for hydroxylation is 1. The van der Waals surface area contributed by atoms with E-state index in [1.807, 2.05) is 20.8 Å². The van der Waals surface area contributed by atoms with Gasteiger partial charge in [0.05, 0.1) is 17.9 Å². The first-order valence-electron chi connectivity index (χ1n) is 6.33. The average molecular weight is 267 g/mol. The zero-order chi connectivity index (χ0) is 14.4. The summed E-state index contributed by atoms with van der Waals surface area (Å²) in [5.74, 6) is -0.311. The van der Waals surface area contributed by atoms with Crippen LogP contribution >= 0.6 is 0 Å². The number of hydrogen-bond acceptors (Lipinski definition) is 4. The third-order valence-electron chi connectivity index (χ3n) is 2.57. The Hall–Kier alpha value is -2.05. The summed E-state index contributed by atoms with van der Waals surface area (Å²) in [7, 11) is 0. The maximum atomic E-state index is 11.8. The van der Waals surface area contributed by atoms with Crippen LogP contribution in [-0.2, 0) is 11.2 Å². The molecule has 7 nitrogen and oxygen atoms in total. The number of aromatic nitrogens is 2. The Kier molecular flexibility index (Phi) is 5.35. The van der Waals surface area contributed by atoms with Crippen LogP contribution in [0.25, 0.3) is 0 Å². The Bertz CT molecular complexity index is 453. The molecule has 106 valence electrons. The molecule has 0 saturated carbocycles. The van der Waals surface area contributed by atoms with E-state index in [0.29, 0.717) is 24.6 Å². The van der Waals surface area contributed by atoms with Gasteiger partial charge in [0.15, 0.2) is 5.69 Å². The lowest BCUT2D eigenvalue weighted by molar-refractivity contribution is -0.120. The molecule has 0 spiro atoms. The van der Waals surface area contributed by atoms with Crippen molar-refractivity contribution in [3.05, 3.63) is 11.4 Å². The van der Waals surface area contributed by atoms with Crippen LogP contribution in [0.5, 0.6) is 0 Å². The molecule has 5 N–H and O–H groups in total. The van der Waals surface area contributed by atoms with Crippen molar-refractivity contribution < 1.29 is 9.59 Å². The maximum Gasteiger partial charge on any atom is 0.274 e. The van der Waals surface area contributed by atoms with Crippen molar-refractivity contribution in [2.75, 3.05) is 18.8 Å². The minimum absolute atomic E-state index is 0.0840. The summed E-state index contributed by atoms with van der Waals surface area (Å²) in [5, 5.41) is 11.7. The minimum atomic E-state index is -0.451. The van der Waals surface area contributed by atoms with Crippen LogP contribution in [0.1, 0.15) is 37.0 Å². The van der Waals surface area contributed by atoms with Crippen LogP contribution < -0.4 is 16.4 Å². The molecule has 1 aromatic heterocycles. The second kappa shape index (κ2) is 6.77. The van der Waals surface area contributed by atoms with Crippen molar-refractivity contribution >= 4 is 17.5 Å². The molecule has 0 unspecified atom stereocenters. The molecule has 7 heteroatoms. The van der Waals surface area contributed by atoms with E-state index >= 15 is 0 Å². The fraction of sp³-hybridized carbons (Fsp3) is 0.583. The van der Waals surface area contributed by atoms with Crippen molar-refractivity contribution in [2.45, 2.75) is 27.2 Å². The van der Waals surface area contributed by atoms with Crippen LogP contribution in [0.2, 0.25) is 0 Å². The lowest BCUT2D eigenvalue weighted by Crippen LogP contribution is -2.38. The standard InChI is InChI=1S/C12H21N5O2/c1-4-8-10(13)11(17-16-8)12(19)15-6-9(18)14-5-7(2)3/h7H,4-6,13H2,1-3H3,(H,14,18)(H,15,19)(H,16,17). The van der Waals surface area contributed by atoms with Crippen molar-refractivity contribution in [1.82, 2.24) is 20.8 Å². The topological polar surface area (TPSA) is 113 Å². The molecule has 0 radical (unpaired) electrons. The number of nitrogen functional groups attached to an aromatic ring is 1. The zero-order valence-electron chi connectivity index (χ0n) is 11.5. The minimum Gasteiger partial charge on any atom is -0.395 e.